The number of amides is 5. The average Bonchev–Trinajstić information content (AvgIpc) is 3.27. The molecule has 46 heavy (non-hydrogen) atoms. The van der Waals surface area contributed by atoms with E-state index in [1.807, 2.05) is 32.9 Å². The number of halogens is 2. The molecule has 0 unspecified atom stereocenters. The van der Waals surface area contributed by atoms with E-state index in [4.69, 9.17) is 27.9 Å². The summed E-state index contributed by atoms with van der Waals surface area (Å²) < 4.78 is 5.86. The number of allylic oxidation sites excluding steroid dienone is 1. The molecule has 1 aromatic rings. The SMILES string of the molecule is CC(C)(C)NC(=O)N[C@H]1CCCCC/C=C\[C@@H]2C[C@@]2(C(=O)O)NC(=O)[C@@H]2C[C@@H](OC(=O)N3CCc4cc(Cl)c(Cl)cc43)CN2C1=O. The lowest BCUT2D eigenvalue weighted by molar-refractivity contribution is -0.145. The topological polar surface area (TPSA) is 157 Å². The van der Waals surface area contributed by atoms with Gasteiger partial charge >= 0.3 is 18.1 Å². The van der Waals surface area contributed by atoms with Gasteiger partial charge in [-0.1, -0.05) is 48.2 Å². The van der Waals surface area contributed by atoms with E-state index in [1.165, 1.54) is 9.80 Å². The minimum Gasteiger partial charge on any atom is -0.479 e. The van der Waals surface area contributed by atoms with E-state index >= 15 is 0 Å². The number of benzene rings is 1. The second-order valence-electron chi connectivity index (χ2n) is 13.6. The minimum atomic E-state index is -1.47. The Morgan fingerprint density at radius 2 is 1.85 bits per heavy atom. The Kier molecular flexibility index (Phi) is 9.79. The third-order valence-corrected chi connectivity index (χ3v) is 9.64. The molecule has 1 aromatic carbocycles. The zero-order valence-electron chi connectivity index (χ0n) is 26.2. The standard InChI is InChI=1S/C32H41Cl2N5O7/c1-31(2,3)37-29(44)35-23-10-8-6-4-5-7-9-19-16-32(19,28(42)43)36-26(40)25-14-20(17-39(25)27(23)41)46-30(45)38-12-11-18-13-21(33)22(34)15-24(18)38/h7,9,13,15,19-20,23,25H,4-6,8,10-12,14,16-17H2,1-3H3,(H,36,40)(H,42,43)(H2,35,37,44)/b9-7-/t19-,20-,23+,25+,32-/m1/s1. The number of ether oxygens (including phenoxy) is 1. The van der Waals surface area contributed by atoms with Crippen molar-refractivity contribution in [1.29, 1.82) is 0 Å². The first kappa shape index (κ1) is 33.8. The predicted molar refractivity (Wildman–Crippen MR) is 172 cm³/mol. The van der Waals surface area contributed by atoms with Crippen molar-refractivity contribution in [2.24, 2.45) is 5.92 Å². The van der Waals surface area contributed by atoms with E-state index < -0.39 is 59.2 Å². The molecule has 4 aliphatic rings. The maximum Gasteiger partial charge on any atom is 0.414 e. The fourth-order valence-electron chi connectivity index (χ4n) is 6.46. The highest BCUT2D eigenvalue weighted by molar-refractivity contribution is 6.42. The largest absolute Gasteiger partial charge is 0.479 e. The van der Waals surface area contributed by atoms with Crippen LogP contribution in [0.4, 0.5) is 15.3 Å². The van der Waals surface area contributed by atoms with Crippen molar-refractivity contribution >= 4 is 58.8 Å². The normalized spacial score (nSPS) is 28.9. The van der Waals surface area contributed by atoms with Gasteiger partial charge in [0, 0.05) is 24.4 Å². The summed E-state index contributed by atoms with van der Waals surface area (Å²) in [4.78, 5) is 69.3. The second kappa shape index (κ2) is 13.3. The maximum absolute atomic E-state index is 14.1. The molecule has 1 saturated carbocycles. The van der Waals surface area contributed by atoms with Crippen LogP contribution in [0.1, 0.15) is 71.3 Å². The minimum absolute atomic E-state index is 0.0392. The third kappa shape index (κ3) is 7.38. The first-order valence-corrected chi connectivity index (χ1v) is 16.5. The highest BCUT2D eigenvalue weighted by Crippen LogP contribution is 2.45. The number of nitrogens with zero attached hydrogens (tertiary/aromatic N) is 2. The van der Waals surface area contributed by atoms with Gasteiger partial charge in [0.05, 0.1) is 22.3 Å². The van der Waals surface area contributed by atoms with E-state index in [9.17, 15) is 29.1 Å². The lowest BCUT2D eigenvalue weighted by Gasteiger charge is -2.30. The van der Waals surface area contributed by atoms with E-state index in [1.54, 1.807) is 12.1 Å². The van der Waals surface area contributed by atoms with Crippen LogP contribution in [0.15, 0.2) is 24.3 Å². The van der Waals surface area contributed by atoms with Crippen LogP contribution in [0.2, 0.25) is 10.0 Å². The van der Waals surface area contributed by atoms with E-state index in [2.05, 4.69) is 16.0 Å². The molecule has 0 bridgehead atoms. The van der Waals surface area contributed by atoms with E-state index in [0.29, 0.717) is 41.5 Å². The molecule has 1 aliphatic carbocycles. The summed E-state index contributed by atoms with van der Waals surface area (Å²) in [5.74, 6) is -2.67. The van der Waals surface area contributed by atoms with E-state index in [-0.39, 0.29) is 25.3 Å². The van der Waals surface area contributed by atoms with Crippen LogP contribution in [0.5, 0.6) is 0 Å². The molecule has 5 amide bonds. The Morgan fingerprint density at radius 3 is 2.57 bits per heavy atom. The van der Waals surface area contributed by atoms with Gasteiger partial charge in [-0.2, -0.15) is 0 Å². The zero-order valence-corrected chi connectivity index (χ0v) is 27.7. The number of urea groups is 1. The Bertz CT molecular complexity index is 1450. The van der Waals surface area contributed by atoms with Crippen molar-refractivity contribution in [3.63, 3.8) is 0 Å². The van der Waals surface area contributed by atoms with Crippen molar-refractivity contribution in [3.05, 3.63) is 39.9 Å². The van der Waals surface area contributed by atoms with Crippen LogP contribution in [0.25, 0.3) is 0 Å². The highest BCUT2D eigenvalue weighted by Gasteiger charge is 2.61. The highest BCUT2D eigenvalue weighted by atomic mass is 35.5. The summed E-state index contributed by atoms with van der Waals surface area (Å²) in [6.07, 6.45) is 6.34. The monoisotopic (exact) mass is 677 g/mol. The van der Waals surface area contributed by atoms with Crippen LogP contribution in [-0.4, -0.2) is 82.3 Å². The van der Waals surface area contributed by atoms with Crippen molar-refractivity contribution in [2.45, 2.75) is 101 Å². The van der Waals surface area contributed by atoms with Gasteiger partial charge in [0.1, 0.15) is 23.7 Å². The molecule has 0 aromatic heterocycles. The first-order valence-electron chi connectivity index (χ1n) is 15.8. The Hall–Kier alpha value is -3.51. The molecule has 14 heteroatoms. The number of carboxylic acids is 1. The quantitative estimate of drug-likeness (QED) is 0.345. The number of rotatable bonds is 3. The molecule has 3 heterocycles. The van der Waals surface area contributed by atoms with Crippen molar-refractivity contribution in [3.8, 4) is 0 Å². The van der Waals surface area contributed by atoms with Gasteiger partial charge in [-0.05, 0) is 70.6 Å². The smallest absolute Gasteiger partial charge is 0.414 e. The van der Waals surface area contributed by atoms with Gasteiger partial charge in [-0.3, -0.25) is 14.5 Å². The number of anilines is 1. The van der Waals surface area contributed by atoms with Gasteiger partial charge in [-0.25, -0.2) is 14.4 Å². The fraction of sp³-hybridized carbons (Fsp3) is 0.594. The zero-order chi connectivity index (χ0) is 33.4. The lowest BCUT2D eigenvalue weighted by Crippen LogP contribution is -2.58. The summed E-state index contributed by atoms with van der Waals surface area (Å²) in [5.41, 5.74) is -0.605. The molecule has 0 radical (unpaired) electrons. The van der Waals surface area contributed by atoms with Gasteiger partial charge in [0.25, 0.3) is 0 Å². The Balaban J connectivity index is 1.39. The summed E-state index contributed by atoms with van der Waals surface area (Å²) >= 11 is 12.4. The Morgan fingerprint density at radius 1 is 1.11 bits per heavy atom. The average molecular weight is 679 g/mol. The number of hydrogen-bond acceptors (Lipinski definition) is 6. The summed E-state index contributed by atoms with van der Waals surface area (Å²) in [6, 6.07) is 0.724. The molecule has 2 fully saturated rings. The molecule has 0 spiro atoms. The number of carboxylic acid groups (broad SMARTS) is 1. The molecule has 1 saturated heterocycles. The molecule has 12 nitrogen and oxygen atoms in total. The predicted octanol–water partition coefficient (Wildman–Crippen LogP) is 4.41. The second-order valence-corrected chi connectivity index (χ2v) is 14.4. The molecule has 5 rings (SSSR count). The molecule has 3 aliphatic heterocycles. The first-order chi connectivity index (χ1) is 21.7. The van der Waals surface area contributed by atoms with Crippen LogP contribution >= 0.6 is 23.2 Å². The molecule has 5 atom stereocenters. The van der Waals surface area contributed by atoms with E-state index in [0.717, 1.165) is 24.8 Å². The summed E-state index contributed by atoms with van der Waals surface area (Å²) in [5, 5.41) is 19.1. The Labute approximate surface area is 278 Å². The number of carbonyl (C=O) groups is 5. The number of carbonyl (C=O) groups excluding carboxylic acids is 4. The van der Waals surface area contributed by atoms with Gasteiger partial charge in [0.2, 0.25) is 11.8 Å². The summed E-state index contributed by atoms with van der Waals surface area (Å²) in [6.45, 7) is 5.71. The van der Waals surface area contributed by atoms with Crippen molar-refractivity contribution < 1.29 is 33.8 Å². The van der Waals surface area contributed by atoms with Crippen molar-refractivity contribution in [2.75, 3.05) is 18.0 Å². The molecular formula is C32H41Cl2N5O7. The number of nitrogens with one attached hydrogen (secondary N) is 3. The number of hydrogen-bond donors (Lipinski definition) is 4. The lowest BCUT2D eigenvalue weighted by atomic mass is 10.0. The van der Waals surface area contributed by atoms with Crippen LogP contribution in [-0.2, 0) is 25.5 Å². The molecule has 250 valence electrons. The van der Waals surface area contributed by atoms with Gasteiger partial charge < -0.3 is 30.7 Å². The molecule has 4 N–H and O–H groups in total. The van der Waals surface area contributed by atoms with Crippen molar-refractivity contribution in [1.82, 2.24) is 20.9 Å². The summed E-state index contributed by atoms with van der Waals surface area (Å²) in [7, 11) is 0. The van der Waals surface area contributed by atoms with Crippen LogP contribution in [0, 0.1) is 5.92 Å². The van der Waals surface area contributed by atoms with Gasteiger partial charge in [-0.15, -0.1) is 0 Å². The molecular weight excluding hydrogens is 637 g/mol. The number of aliphatic carboxylic acids is 1. The number of fused-ring (bicyclic) bond motifs is 3. The maximum atomic E-state index is 14.1. The third-order valence-electron chi connectivity index (χ3n) is 8.92. The van der Waals surface area contributed by atoms with Crippen LogP contribution in [0.3, 0.4) is 0 Å². The fourth-order valence-corrected chi connectivity index (χ4v) is 6.80. The van der Waals surface area contributed by atoms with Crippen LogP contribution < -0.4 is 20.9 Å². The van der Waals surface area contributed by atoms with Gasteiger partial charge in [0.15, 0.2) is 0 Å².